The van der Waals surface area contributed by atoms with Gasteiger partial charge in [0, 0.05) is 18.3 Å². The van der Waals surface area contributed by atoms with Gasteiger partial charge in [-0.2, -0.15) is 0 Å². The monoisotopic (exact) mass is 328 g/mol. The van der Waals surface area contributed by atoms with E-state index in [1.807, 2.05) is 45.0 Å². The van der Waals surface area contributed by atoms with Crippen LogP contribution in [-0.2, 0) is 6.42 Å². The number of amides is 1. The van der Waals surface area contributed by atoms with Crippen molar-refractivity contribution in [3.63, 3.8) is 0 Å². The number of methoxy groups -OCH3 is 1. The Morgan fingerprint density at radius 2 is 2.04 bits per heavy atom. The van der Waals surface area contributed by atoms with Gasteiger partial charge in [-0.3, -0.25) is 4.79 Å². The third-order valence-corrected chi connectivity index (χ3v) is 3.34. The van der Waals surface area contributed by atoms with Crippen LogP contribution in [0.3, 0.4) is 0 Å². The lowest BCUT2D eigenvalue weighted by molar-refractivity contribution is 0.0949. The fourth-order valence-electron chi connectivity index (χ4n) is 2.25. The zero-order valence-corrected chi connectivity index (χ0v) is 14.6. The highest BCUT2D eigenvalue weighted by molar-refractivity contribution is 5.92. The lowest BCUT2D eigenvalue weighted by Gasteiger charge is -2.11. The first kappa shape index (κ1) is 17.7. The zero-order chi connectivity index (χ0) is 17.5. The molecular weight excluding hydrogens is 304 g/mol. The first-order chi connectivity index (χ1) is 11.5. The lowest BCUT2D eigenvalue weighted by atomic mass is 10.1. The van der Waals surface area contributed by atoms with E-state index in [1.54, 1.807) is 13.2 Å². The minimum absolute atomic E-state index is 0.199. The number of aryl methyl sites for hydroxylation is 1. The summed E-state index contributed by atoms with van der Waals surface area (Å²) in [5.74, 6) is 1.09. The van der Waals surface area contributed by atoms with Crippen LogP contribution in [0.5, 0.6) is 5.75 Å². The molecule has 0 unspecified atom stereocenters. The van der Waals surface area contributed by atoms with Gasteiger partial charge in [-0.05, 0) is 51.0 Å². The Kier molecular flexibility index (Phi) is 6.12. The van der Waals surface area contributed by atoms with Crippen LogP contribution >= 0.6 is 0 Å². The molecule has 0 aliphatic rings. The van der Waals surface area contributed by atoms with E-state index in [0.29, 0.717) is 18.2 Å². The van der Waals surface area contributed by atoms with Gasteiger partial charge in [-0.1, -0.05) is 12.1 Å². The molecule has 2 aromatic rings. The van der Waals surface area contributed by atoms with E-state index in [0.717, 1.165) is 23.4 Å². The third-order valence-electron chi connectivity index (χ3n) is 3.34. The van der Waals surface area contributed by atoms with E-state index in [9.17, 15) is 4.79 Å². The molecule has 0 aliphatic heterocycles. The number of nitrogens with zero attached hydrogens (tertiary/aromatic N) is 2. The molecule has 2 rings (SSSR count). The maximum absolute atomic E-state index is 12.3. The van der Waals surface area contributed by atoms with Gasteiger partial charge < -0.3 is 15.4 Å². The number of nitrogens with one attached hydrogen (secondary N) is 2. The molecule has 0 fully saturated rings. The molecule has 0 atom stereocenters. The average Bonchev–Trinajstić information content (AvgIpc) is 2.53. The standard InChI is InChI=1S/C18H24N4O2/c1-12(2)20-18-21-13(3)10-16(22-18)17(23)19-9-8-14-6-5-7-15(11-14)24-4/h5-7,10-12H,8-9H2,1-4H3,(H,19,23)(H,20,21,22). The fourth-order valence-corrected chi connectivity index (χ4v) is 2.25. The molecule has 1 amide bonds. The number of carbonyl (C=O) groups excluding carboxylic acids is 1. The van der Waals surface area contributed by atoms with Gasteiger partial charge in [0.15, 0.2) is 0 Å². The van der Waals surface area contributed by atoms with Crippen molar-refractivity contribution in [2.45, 2.75) is 33.2 Å². The summed E-state index contributed by atoms with van der Waals surface area (Å²) in [4.78, 5) is 20.9. The fraction of sp³-hybridized carbons (Fsp3) is 0.389. The second kappa shape index (κ2) is 8.29. The Bertz CT molecular complexity index is 701. The highest BCUT2D eigenvalue weighted by Gasteiger charge is 2.10. The van der Waals surface area contributed by atoms with Crippen LogP contribution < -0.4 is 15.4 Å². The largest absolute Gasteiger partial charge is 0.497 e. The van der Waals surface area contributed by atoms with Crippen molar-refractivity contribution < 1.29 is 9.53 Å². The first-order valence-electron chi connectivity index (χ1n) is 8.01. The van der Waals surface area contributed by atoms with Gasteiger partial charge in [0.1, 0.15) is 11.4 Å². The van der Waals surface area contributed by atoms with E-state index >= 15 is 0 Å². The molecule has 0 radical (unpaired) electrons. The van der Waals surface area contributed by atoms with Gasteiger partial charge in [0.05, 0.1) is 7.11 Å². The molecule has 6 heteroatoms. The van der Waals surface area contributed by atoms with E-state index < -0.39 is 0 Å². The third kappa shape index (κ3) is 5.22. The molecule has 0 bridgehead atoms. The SMILES string of the molecule is COc1cccc(CCNC(=O)c2cc(C)nc(NC(C)C)n2)c1. The molecule has 24 heavy (non-hydrogen) atoms. The van der Waals surface area contributed by atoms with Crippen molar-refractivity contribution in [3.8, 4) is 5.75 Å². The molecule has 6 nitrogen and oxygen atoms in total. The smallest absolute Gasteiger partial charge is 0.270 e. The van der Waals surface area contributed by atoms with Crippen LogP contribution in [0, 0.1) is 6.92 Å². The van der Waals surface area contributed by atoms with Gasteiger partial charge in [0.2, 0.25) is 5.95 Å². The Hall–Kier alpha value is -2.63. The van der Waals surface area contributed by atoms with E-state index in [2.05, 4.69) is 20.6 Å². The molecule has 2 N–H and O–H groups in total. The van der Waals surface area contributed by atoms with Gasteiger partial charge in [-0.25, -0.2) is 9.97 Å². The van der Waals surface area contributed by atoms with E-state index in [4.69, 9.17) is 4.74 Å². The number of anilines is 1. The number of carbonyl (C=O) groups is 1. The number of aromatic nitrogens is 2. The molecular formula is C18H24N4O2. The Labute approximate surface area is 142 Å². The Morgan fingerprint density at radius 1 is 1.25 bits per heavy atom. The minimum atomic E-state index is -0.199. The van der Waals surface area contributed by atoms with Crippen LogP contribution in [0.4, 0.5) is 5.95 Å². The average molecular weight is 328 g/mol. The molecule has 0 saturated carbocycles. The number of ether oxygens (including phenoxy) is 1. The molecule has 1 aromatic carbocycles. The second-order valence-corrected chi connectivity index (χ2v) is 5.87. The summed E-state index contributed by atoms with van der Waals surface area (Å²) in [6, 6.07) is 9.70. The van der Waals surface area contributed by atoms with Crippen LogP contribution in [0.1, 0.15) is 35.6 Å². The predicted octanol–water partition coefficient (Wildman–Crippen LogP) is 2.59. The van der Waals surface area contributed by atoms with Gasteiger partial charge in [-0.15, -0.1) is 0 Å². The number of benzene rings is 1. The highest BCUT2D eigenvalue weighted by atomic mass is 16.5. The quantitative estimate of drug-likeness (QED) is 0.817. The summed E-state index contributed by atoms with van der Waals surface area (Å²) in [7, 11) is 1.64. The van der Waals surface area contributed by atoms with Gasteiger partial charge in [0.25, 0.3) is 5.91 Å². The maximum atomic E-state index is 12.3. The summed E-state index contributed by atoms with van der Waals surface area (Å²) in [6.45, 7) is 6.38. The van der Waals surface area contributed by atoms with Crippen LogP contribution in [0.25, 0.3) is 0 Å². The van der Waals surface area contributed by atoms with Crippen molar-refractivity contribution >= 4 is 11.9 Å². The maximum Gasteiger partial charge on any atom is 0.270 e. The van der Waals surface area contributed by atoms with Crippen molar-refractivity contribution in [1.29, 1.82) is 0 Å². The van der Waals surface area contributed by atoms with Gasteiger partial charge >= 0.3 is 0 Å². The van der Waals surface area contributed by atoms with E-state index in [1.165, 1.54) is 0 Å². The highest BCUT2D eigenvalue weighted by Crippen LogP contribution is 2.12. The van der Waals surface area contributed by atoms with Crippen molar-refractivity contribution in [2.75, 3.05) is 19.0 Å². The number of rotatable bonds is 7. The van der Waals surface area contributed by atoms with Crippen molar-refractivity contribution in [1.82, 2.24) is 15.3 Å². The minimum Gasteiger partial charge on any atom is -0.497 e. The van der Waals surface area contributed by atoms with Crippen molar-refractivity contribution in [2.24, 2.45) is 0 Å². The van der Waals surface area contributed by atoms with Crippen LogP contribution in [0.15, 0.2) is 30.3 Å². The molecule has 0 aliphatic carbocycles. The summed E-state index contributed by atoms with van der Waals surface area (Å²) in [6.07, 6.45) is 0.726. The number of hydrogen-bond donors (Lipinski definition) is 2. The molecule has 128 valence electrons. The summed E-state index contributed by atoms with van der Waals surface area (Å²) < 4.78 is 5.20. The normalized spacial score (nSPS) is 10.5. The molecule has 1 heterocycles. The first-order valence-corrected chi connectivity index (χ1v) is 8.01. The lowest BCUT2D eigenvalue weighted by Crippen LogP contribution is -2.27. The summed E-state index contributed by atoms with van der Waals surface area (Å²) >= 11 is 0. The van der Waals surface area contributed by atoms with Crippen LogP contribution in [-0.4, -0.2) is 35.6 Å². The topological polar surface area (TPSA) is 76.1 Å². The summed E-state index contributed by atoms with van der Waals surface area (Å²) in [5.41, 5.74) is 2.23. The molecule has 0 spiro atoms. The van der Waals surface area contributed by atoms with Crippen LogP contribution in [0.2, 0.25) is 0 Å². The Morgan fingerprint density at radius 3 is 2.75 bits per heavy atom. The van der Waals surface area contributed by atoms with E-state index in [-0.39, 0.29) is 11.9 Å². The molecule has 0 saturated heterocycles. The molecule has 1 aromatic heterocycles. The number of hydrogen-bond acceptors (Lipinski definition) is 5. The second-order valence-electron chi connectivity index (χ2n) is 5.87. The predicted molar refractivity (Wildman–Crippen MR) is 94.6 cm³/mol. The zero-order valence-electron chi connectivity index (χ0n) is 14.6. The Balaban J connectivity index is 1.95. The summed E-state index contributed by atoms with van der Waals surface area (Å²) in [5, 5.41) is 6.01. The van der Waals surface area contributed by atoms with Crippen molar-refractivity contribution in [3.05, 3.63) is 47.3 Å².